The van der Waals surface area contributed by atoms with E-state index in [-0.39, 0.29) is 0 Å². The van der Waals surface area contributed by atoms with Crippen molar-refractivity contribution in [1.82, 2.24) is 4.90 Å². The first-order valence-electron chi connectivity index (χ1n) is 7.70. The Morgan fingerprint density at radius 2 is 1.71 bits per heavy atom. The highest BCUT2D eigenvalue weighted by Crippen LogP contribution is 2.42. The molecule has 3 rings (SSSR count). The van der Waals surface area contributed by atoms with Crippen molar-refractivity contribution in [2.45, 2.75) is 29.4 Å². The Balaban J connectivity index is 1.95. The second kappa shape index (κ2) is 6.67. The van der Waals surface area contributed by atoms with Gasteiger partial charge < -0.3 is 4.90 Å². The zero-order valence-corrected chi connectivity index (χ0v) is 13.7. The predicted molar refractivity (Wildman–Crippen MR) is 92.1 cm³/mol. The second-order valence-corrected chi connectivity index (χ2v) is 7.04. The van der Waals surface area contributed by atoms with Crippen LogP contribution in [0.15, 0.2) is 53.4 Å². The lowest BCUT2D eigenvalue weighted by Gasteiger charge is -2.21. The van der Waals surface area contributed by atoms with Gasteiger partial charge in [-0.15, -0.1) is 11.8 Å². The molecule has 1 aliphatic rings. The van der Waals surface area contributed by atoms with Crippen LogP contribution in [0, 0.1) is 0 Å². The Bertz CT molecular complexity index is 559. The van der Waals surface area contributed by atoms with Crippen LogP contribution in [0.5, 0.6) is 0 Å². The third-order valence-corrected chi connectivity index (χ3v) is 5.34. The average Bonchev–Trinajstić information content (AvgIpc) is 2.65. The summed E-state index contributed by atoms with van der Waals surface area (Å²) in [7, 11) is 4.32. The second-order valence-electron chi connectivity index (χ2n) is 6.02. The molecule has 2 aromatic rings. The third-order valence-electron chi connectivity index (χ3n) is 4.21. The van der Waals surface area contributed by atoms with Crippen LogP contribution in [0.2, 0.25) is 0 Å². The van der Waals surface area contributed by atoms with E-state index < -0.39 is 0 Å². The average molecular weight is 297 g/mol. The van der Waals surface area contributed by atoms with Crippen molar-refractivity contribution >= 4 is 11.8 Å². The van der Waals surface area contributed by atoms with Crippen LogP contribution in [0.1, 0.15) is 35.4 Å². The van der Waals surface area contributed by atoms with E-state index >= 15 is 0 Å². The number of fused-ring (bicyclic) bond motifs is 2. The first-order valence-corrected chi connectivity index (χ1v) is 8.68. The molecule has 0 bridgehead atoms. The minimum atomic E-state index is 0.548. The molecule has 0 radical (unpaired) electrons. The van der Waals surface area contributed by atoms with Crippen LogP contribution in [-0.4, -0.2) is 25.5 Å². The molecule has 1 atom stereocenters. The number of hydrogen-bond donors (Lipinski definition) is 0. The summed E-state index contributed by atoms with van der Waals surface area (Å²) in [5, 5.41) is 0. The molecule has 0 aromatic heterocycles. The van der Waals surface area contributed by atoms with Crippen molar-refractivity contribution in [2.24, 2.45) is 0 Å². The molecular weight excluding hydrogens is 274 g/mol. The van der Waals surface area contributed by atoms with Gasteiger partial charge in [0.2, 0.25) is 0 Å². The van der Waals surface area contributed by atoms with Gasteiger partial charge in [0, 0.05) is 16.6 Å². The standard InChI is InChI=1S/C19H23NS/c1-20(2)13-7-11-17-16-9-4-3-8-15(16)14-21-19-12-6-5-10-18(17)19/h3-6,8-10,12,17H,7,11,13-14H2,1-2H3. The Hall–Kier alpha value is -1.25. The van der Waals surface area contributed by atoms with E-state index in [1.165, 1.54) is 34.4 Å². The summed E-state index contributed by atoms with van der Waals surface area (Å²) in [4.78, 5) is 3.74. The van der Waals surface area contributed by atoms with Gasteiger partial charge in [0.15, 0.2) is 0 Å². The van der Waals surface area contributed by atoms with E-state index in [1.54, 1.807) is 0 Å². The smallest absolute Gasteiger partial charge is 0.0235 e. The topological polar surface area (TPSA) is 3.24 Å². The van der Waals surface area contributed by atoms with E-state index in [0.29, 0.717) is 5.92 Å². The van der Waals surface area contributed by atoms with E-state index in [4.69, 9.17) is 0 Å². The third kappa shape index (κ3) is 3.33. The molecule has 0 spiro atoms. The number of benzene rings is 2. The summed E-state index contributed by atoms with van der Waals surface area (Å²) < 4.78 is 0. The van der Waals surface area contributed by atoms with Crippen molar-refractivity contribution in [1.29, 1.82) is 0 Å². The van der Waals surface area contributed by atoms with E-state index in [9.17, 15) is 0 Å². The van der Waals surface area contributed by atoms with Gasteiger partial charge in [-0.3, -0.25) is 0 Å². The van der Waals surface area contributed by atoms with Crippen molar-refractivity contribution in [3.8, 4) is 0 Å². The SMILES string of the molecule is CN(C)CCCC1c2ccccc2CSc2ccccc21. The molecule has 0 fully saturated rings. The minimum absolute atomic E-state index is 0.548. The Kier molecular flexibility index (Phi) is 4.67. The van der Waals surface area contributed by atoms with Crippen molar-refractivity contribution < 1.29 is 0 Å². The number of nitrogens with zero attached hydrogens (tertiary/aromatic N) is 1. The zero-order chi connectivity index (χ0) is 14.7. The largest absolute Gasteiger partial charge is 0.309 e. The fourth-order valence-electron chi connectivity index (χ4n) is 3.15. The molecule has 0 saturated heterocycles. The molecular formula is C19H23NS. The fraction of sp³-hybridized carbons (Fsp3) is 0.368. The van der Waals surface area contributed by atoms with E-state index in [2.05, 4.69) is 67.5 Å². The van der Waals surface area contributed by atoms with E-state index in [1.807, 2.05) is 11.8 Å². The molecule has 0 N–H and O–H groups in total. The van der Waals surface area contributed by atoms with Gasteiger partial charge in [-0.2, -0.15) is 0 Å². The van der Waals surface area contributed by atoms with Gasteiger partial charge >= 0.3 is 0 Å². The summed E-state index contributed by atoms with van der Waals surface area (Å²) in [5.41, 5.74) is 4.56. The lowest BCUT2D eigenvalue weighted by Crippen LogP contribution is -2.14. The highest BCUT2D eigenvalue weighted by molar-refractivity contribution is 7.98. The van der Waals surface area contributed by atoms with Crippen LogP contribution in [0.25, 0.3) is 0 Å². The number of hydrogen-bond acceptors (Lipinski definition) is 2. The highest BCUT2D eigenvalue weighted by Gasteiger charge is 2.23. The molecule has 2 heteroatoms. The molecule has 1 unspecified atom stereocenters. The molecule has 110 valence electrons. The van der Waals surface area contributed by atoms with Crippen LogP contribution >= 0.6 is 11.8 Å². The molecule has 0 saturated carbocycles. The summed E-state index contributed by atoms with van der Waals surface area (Å²) in [6, 6.07) is 18.0. The monoisotopic (exact) mass is 297 g/mol. The summed E-state index contributed by atoms with van der Waals surface area (Å²) in [6.45, 7) is 1.16. The highest BCUT2D eigenvalue weighted by atomic mass is 32.2. The number of thioether (sulfide) groups is 1. The van der Waals surface area contributed by atoms with Crippen LogP contribution in [-0.2, 0) is 5.75 Å². The van der Waals surface area contributed by atoms with Gasteiger partial charge in [-0.25, -0.2) is 0 Å². The van der Waals surface area contributed by atoms with Gasteiger partial charge in [-0.1, -0.05) is 42.5 Å². The molecule has 1 nitrogen and oxygen atoms in total. The normalized spacial score (nSPS) is 17.2. The Morgan fingerprint density at radius 3 is 2.52 bits per heavy atom. The lowest BCUT2D eigenvalue weighted by atomic mass is 9.85. The maximum absolute atomic E-state index is 2.33. The number of rotatable bonds is 4. The molecule has 21 heavy (non-hydrogen) atoms. The summed E-state index contributed by atoms with van der Waals surface area (Å²) >= 11 is 1.99. The van der Waals surface area contributed by atoms with Gasteiger partial charge in [0.05, 0.1) is 0 Å². The Morgan fingerprint density at radius 1 is 1.00 bits per heavy atom. The quantitative estimate of drug-likeness (QED) is 0.800. The Labute approximate surface area is 132 Å². The molecule has 0 amide bonds. The predicted octanol–water partition coefficient (Wildman–Crippen LogP) is 4.77. The van der Waals surface area contributed by atoms with Crippen molar-refractivity contribution in [3.05, 3.63) is 65.2 Å². The molecule has 2 aromatic carbocycles. The van der Waals surface area contributed by atoms with Crippen LogP contribution in [0.4, 0.5) is 0 Å². The minimum Gasteiger partial charge on any atom is -0.309 e. The first-order chi connectivity index (χ1) is 10.3. The summed E-state index contributed by atoms with van der Waals surface area (Å²) in [6.07, 6.45) is 2.47. The van der Waals surface area contributed by atoms with E-state index in [0.717, 1.165) is 12.3 Å². The van der Waals surface area contributed by atoms with Crippen molar-refractivity contribution in [2.75, 3.05) is 20.6 Å². The first kappa shape index (κ1) is 14.7. The zero-order valence-electron chi connectivity index (χ0n) is 12.9. The van der Waals surface area contributed by atoms with Gasteiger partial charge in [-0.05, 0) is 56.2 Å². The van der Waals surface area contributed by atoms with Crippen LogP contribution < -0.4 is 0 Å². The van der Waals surface area contributed by atoms with Crippen molar-refractivity contribution in [3.63, 3.8) is 0 Å². The molecule has 1 aliphatic heterocycles. The lowest BCUT2D eigenvalue weighted by molar-refractivity contribution is 0.389. The van der Waals surface area contributed by atoms with Gasteiger partial charge in [0.1, 0.15) is 0 Å². The van der Waals surface area contributed by atoms with Crippen LogP contribution in [0.3, 0.4) is 0 Å². The molecule has 1 heterocycles. The summed E-state index contributed by atoms with van der Waals surface area (Å²) in [5.74, 6) is 1.64. The fourth-order valence-corrected chi connectivity index (χ4v) is 4.28. The maximum atomic E-state index is 2.33. The molecule has 0 aliphatic carbocycles. The maximum Gasteiger partial charge on any atom is 0.0235 e. The van der Waals surface area contributed by atoms with Gasteiger partial charge in [0.25, 0.3) is 0 Å².